The zero-order chi connectivity index (χ0) is 29.4. The molecule has 6 aromatic carbocycles. The first-order chi connectivity index (χ1) is 20.9. The van der Waals surface area contributed by atoms with Crippen molar-refractivity contribution in [1.29, 1.82) is 0 Å². The van der Waals surface area contributed by atoms with E-state index in [1.807, 2.05) is 12.3 Å². The number of nitrogens with zero attached hydrogens (tertiary/aromatic N) is 2. The molecule has 3 heteroatoms. The molecule has 0 saturated heterocycles. The SMILES string of the molecule is CC(C)(C)c1cccc(C=Nc2ccccc2-c2nc3c(-c4cccc(-c5cccc6ccccc56)c4)cccc3s2)c1. The van der Waals surface area contributed by atoms with Crippen LogP contribution in [0, 0.1) is 0 Å². The van der Waals surface area contributed by atoms with E-state index in [9.17, 15) is 0 Å². The number of thiazole rings is 1. The predicted octanol–water partition coefficient (Wildman–Crippen LogP) is 11.5. The molecule has 208 valence electrons. The van der Waals surface area contributed by atoms with Crippen molar-refractivity contribution in [3.05, 3.63) is 145 Å². The second-order valence-electron chi connectivity index (χ2n) is 11.9. The molecule has 43 heavy (non-hydrogen) atoms. The zero-order valence-electron chi connectivity index (χ0n) is 24.6. The average Bonchev–Trinajstić information content (AvgIpc) is 3.48. The number of hydrogen-bond acceptors (Lipinski definition) is 3. The Balaban J connectivity index is 1.27. The maximum Gasteiger partial charge on any atom is 0.126 e. The smallest absolute Gasteiger partial charge is 0.126 e. The lowest BCUT2D eigenvalue weighted by atomic mass is 9.86. The van der Waals surface area contributed by atoms with Gasteiger partial charge in [-0.1, -0.05) is 124 Å². The van der Waals surface area contributed by atoms with Gasteiger partial charge in [0.1, 0.15) is 5.01 Å². The van der Waals surface area contributed by atoms with Gasteiger partial charge in [-0.25, -0.2) is 4.98 Å². The number of hydrogen-bond donors (Lipinski definition) is 0. The van der Waals surface area contributed by atoms with E-state index < -0.39 is 0 Å². The summed E-state index contributed by atoms with van der Waals surface area (Å²) < 4.78 is 1.17. The molecule has 0 radical (unpaired) electrons. The molecule has 7 aromatic rings. The molecule has 0 aliphatic rings. The lowest BCUT2D eigenvalue weighted by Crippen LogP contribution is -2.11. The van der Waals surface area contributed by atoms with Gasteiger partial charge in [0.05, 0.1) is 15.9 Å². The summed E-state index contributed by atoms with van der Waals surface area (Å²) in [5.41, 5.74) is 10.2. The van der Waals surface area contributed by atoms with Crippen molar-refractivity contribution in [2.24, 2.45) is 4.99 Å². The summed E-state index contributed by atoms with van der Waals surface area (Å²) in [5, 5.41) is 3.49. The Morgan fingerprint density at radius 3 is 2.19 bits per heavy atom. The molecule has 0 unspecified atom stereocenters. The molecule has 7 rings (SSSR count). The lowest BCUT2D eigenvalue weighted by molar-refractivity contribution is 0.590. The maximum atomic E-state index is 5.22. The first kappa shape index (κ1) is 27.0. The molecule has 0 saturated carbocycles. The summed E-state index contributed by atoms with van der Waals surface area (Å²) in [6, 6.07) is 47.3. The first-order valence-corrected chi connectivity index (χ1v) is 15.5. The van der Waals surface area contributed by atoms with Crippen LogP contribution in [0.5, 0.6) is 0 Å². The van der Waals surface area contributed by atoms with E-state index >= 15 is 0 Å². The third-order valence-electron chi connectivity index (χ3n) is 7.93. The third kappa shape index (κ3) is 5.40. The average molecular weight is 573 g/mol. The Bertz CT molecular complexity index is 2120. The Morgan fingerprint density at radius 2 is 1.30 bits per heavy atom. The van der Waals surface area contributed by atoms with Gasteiger partial charge in [-0.15, -0.1) is 11.3 Å². The van der Waals surface area contributed by atoms with Crippen LogP contribution in [-0.2, 0) is 5.41 Å². The number of aromatic nitrogens is 1. The summed E-state index contributed by atoms with van der Waals surface area (Å²) >= 11 is 1.72. The van der Waals surface area contributed by atoms with Gasteiger partial charge >= 0.3 is 0 Å². The van der Waals surface area contributed by atoms with Gasteiger partial charge in [-0.3, -0.25) is 4.99 Å². The van der Waals surface area contributed by atoms with Crippen molar-refractivity contribution >= 4 is 44.2 Å². The normalized spacial score (nSPS) is 12.0. The second kappa shape index (κ2) is 11.1. The fourth-order valence-electron chi connectivity index (χ4n) is 5.62. The summed E-state index contributed by atoms with van der Waals surface area (Å²) in [6.45, 7) is 6.71. The molecule has 0 aliphatic heterocycles. The molecule has 0 bridgehead atoms. The van der Waals surface area contributed by atoms with Gasteiger partial charge < -0.3 is 0 Å². The largest absolute Gasteiger partial charge is 0.256 e. The minimum Gasteiger partial charge on any atom is -0.256 e. The molecule has 0 spiro atoms. The van der Waals surface area contributed by atoms with E-state index in [1.54, 1.807) is 11.3 Å². The molecule has 0 N–H and O–H groups in total. The van der Waals surface area contributed by atoms with Crippen LogP contribution in [0.1, 0.15) is 31.9 Å². The summed E-state index contributed by atoms with van der Waals surface area (Å²) in [4.78, 5) is 10.2. The van der Waals surface area contributed by atoms with Gasteiger partial charge in [0.2, 0.25) is 0 Å². The Morgan fingerprint density at radius 1 is 0.628 bits per heavy atom. The first-order valence-electron chi connectivity index (χ1n) is 14.7. The quantitative estimate of drug-likeness (QED) is 0.188. The highest BCUT2D eigenvalue weighted by Crippen LogP contribution is 2.40. The number of para-hydroxylation sites is 2. The van der Waals surface area contributed by atoms with Gasteiger partial charge in [0.25, 0.3) is 0 Å². The zero-order valence-corrected chi connectivity index (χ0v) is 25.4. The molecule has 0 aliphatic carbocycles. The topological polar surface area (TPSA) is 25.2 Å². The molecule has 1 aromatic heterocycles. The molecule has 0 fully saturated rings. The van der Waals surface area contributed by atoms with Crippen molar-refractivity contribution in [3.63, 3.8) is 0 Å². The van der Waals surface area contributed by atoms with E-state index in [2.05, 4.69) is 148 Å². The van der Waals surface area contributed by atoms with Crippen LogP contribution in [0.2, 0.25) is 0 Å². The van der Waals surface area contributed by atoms with Crippen LogP contribution in [0.25, 0.3) is 53.8 Å². The Labute approximate surface area is 257 Å². The second-order valence-corrected chi connectivity index (χ2v) is 13.0. The van der Waals surface area contributed by atoms with Crippen molar-refractivity contribution in [3.8, 4) is 32.8 Å². The van der Waals surface area contributed by atoms with Crippen LogP contribution in [0.15, 0.2) is 138 Å². The third-order valence-corrected chi connectivity index (χ3v) is 8.99. The highest BCUT2D eigenvalue weighted by Gasteiger charge is 2.15. The van der Waals surface area contributed by atoms with Crippen LogP contribution in [-0.4, -0.2) is 11.2 Å². The minimum absolute atomic E-state index is 0.0921. The van der Waals surface area contributed by atoms with Crippen LogP contribution >= 0.6 is 11.3 Å². The van der Waals surface area contributed by atoms with Gasteiger partial charge in [0, 0.05) is 17.3 Å². The van der Waals surface area contributed by atoms with E-state index in [0.29, 0.717) is 0 Å². The number of benzene rings is 6. The maximum absolute atomic E-state index is 5.22. The van der Waals surface area contributed by atoms with Gasteiger partial charge in [0.15, 0.2) is 0 Å². The number of fused-ring (bicyclic) bond motifs is 2. The van der Waals surface area contributed by atoms with Crippen LogP contribution in [0.3, 0.4) is 0 Å². The minimum atomic E-state index is 0.0921. The molecule has 0 atom stereocenters. The predicted molar refractivity (Wildman–Crippen MR) is 186 cm³/mol. The van der Waals surface area contributed by atoms with Crippen molar-refractivity contribution < 1.29 is 0 Å². The van der Waals surface area contributed by atoms with E-state index in [0.717, 1.165) is 38.5 Å². The fraction of sp³-hybridized carbons (Fsp3) is 0.100. The Kier molecular flexibility index (Phi) is 6.96. The van der Waals surface area contributed by atoms with Crippen molar-refractivity contribution in [1.82, 2.24) is 4.98 Å². The molecule has 1 heterocycles. The standard InChI is InChI=1S/C40H32N2S/c1-40(2,3)31-17-8-12-27(24-31)26-41-36-22-7-6-19-35(36)39-42-38-34(21-11-23-37(38)43-39)30-16-9-15-29(25-30)33-20-10-14-28-13-4-5-18-32(28)33/h4-26H,1-3H3. The monoisotopic (exact) mass is 572 g/mol. The number of aliphatic imine (C=N–C) groups is 1. The van der Waals surface area contributed by atoms with Crippen LogP contribution in [0.4, 0.5) is 5.69 Å². The van der Waals surface area contributed by atoms with E-state index in [1.165, 1.54) is 32.2 Å². The molecule has 0 amide bonds. The van der Waals surface area contributed by atoms with E-state index in [-0.39, 0.29) is 5.41 Å². The molecular formula is C40H32N2S. The van der Waals surface area contributed by atoms with Gasteiger partial charge in [-0.05, 0) is 74.3 Å². The van der Waals surface area contributed by atoms with Crippen LogP contribution < -0.4 is 0 Å². The summed E-state index contributed by atoms with van der Waals surface area (Å²) in [7, 11) is 0. The fourth-order valence-corrected chi connectivity index (χ4v) is 6.65. The molecule has 2 nitrogen and oxygen atoms in total. The molecular weight excluding hydrogens is 541 g/mol. The van der Waals surface area contributed by atoms with E-state index in [4.69, 9.17) is 9.98 Å². The highest BCUT2D eigenvalue weighted by molar-refractivity contribution is 7.21. The highest BCUT2D eigenvalue weighted by atomic mass is 32.1. The lowest BCUT2D eigenvalue weighted by Gasteiger charge is -2.19. The van der Waals surface area contributed by atoms with Crippen molar-refractivity contribution in [2.75, 3.05) is 0 Å². The summed E-state index contributed by atoms with van der Waals surface area (Å²) in [5.74, 6) is 0. The number of rotatable bonds is 5. The van der Waals surface area contributed by atoms with Gasteiger partial charge in [-0.2, -0.15) is 0 Å². The van der Waals surface area contributed by atoms with Crippen molar-refractivity contribution in [2.45, 2.75) is 26.2 Å². The summed E-state index contributed by atoms with van der Waals surface area (Å²) in [6.07, 6.45) is 1.96. The Hall–Kier alpha value is -4.86.